The zero-order valence-electron chi connectivity index (χ0n) is 8.71. The maximum Gasteiger partial charge on any atom is 0.175 e. The molecule has 0 unspecified atom stereocenters. The van der Waals surface area contributed by atoms with Crippen LogP contribution in [0.1, 0.15) is 0 Å². The van der Waals surface area contributed by atoms with Crippen LogP contribution in [0.5, 0.6) is 0 Å². The first-order chi connectivity index (χ1) is 7.57. The smallest absolute Gasteiger partial charge is 0.175 e. The van der Waals surface area contributed by atoms with Crippen LogP contribution in [0.2, 0.25) is 0 Å². The van der Waals surface area contributed by atoms with Gasteiger partial charge in [0.25, 0.3) is 0 Å². The van der Waals surface area contributed by atoms with E-state index < -0.39 is 9.84 Å². The summed E-state index contributed by atoms with van der Waals surface area (Å²) < 4.78 is 22.8. The lowest BCUT2D eigenvalue weighted by Crippen LogP contribution is -1.97. The van der Waals surface area contributed by atoms with E-state index in [1.807, 2.05) is 6.07 Å². The van der Waals surface area contributed by atoms with E-state index in [1.165, 1.54) is 6.26 Å². The summed E-state index contributed by atoms with van der Waals surface area (Å²) in [5, 5.41) is 0. The second-order valence-corrected chi connectivity index (χ2v) is 5.45. The minimum Gasteiger partial charge on any atom is -0.256 e. The van der Waals surface area contributed by atoms with Gasteiger partial charge in [-0.1, -0.05) is 18.2 Å². The first kappa shape index (κ1) is 10.8. The Bertz CT molecular complexity index is 591. The van der Waals surface area contributed by atoms with Crippen LogP contribution >= 0.6 is 0 Å². The molecule has 0 aliphatic heterocycles. The van der Waals surface area contributed by atoms with Crippen LogP contribution in [0.25, 0.3) is 11.3 Å². The Hall–Kier alpha value is -1.68. The van der Waals surface area contributed by atoms with Gasteiger partial charge in [-0.25, -0.2) is 8.42 Å². The third-order valence-corrected chi connectivity index (χ3v) is 3.25. The van der Waals surface area contributed by atoms with Gasteiger partial charge in [0.15, 0.2) is 9.84 Å². The molecule has 0 spiro atoms. The Balaban J connectivity index is 2.53. The Labute approximate surface area is 94.7 Å². The Morgan fingerprint density at radius 1 is 1.25 bits per heavy atom. The molecule has 0 saturated carbocycles. The molecule has 0 atom stereocenters. The number of sulfone groups is 1. The minimum absolute atomic E-state index is 0.295. The fraction of sp³-hybridized carbons (Fsp3) is 0.0833. The molecule has 0 aliphatic rings. The van der Waals surface area contributed by atoms with Gasteiger partial charge in [-0.3, -0.25) is 4.98 Å². The standard InChI is InChI=1S/C12H10NO2S/c1-16(14,15)11-6-4-5-10(9-11)12-7-2-3-8-13-12/h2-6,8-9H,1H3. The SMILES string of the molecule is CS(=O)(=O)c1cccc(-c2[c]cccn2)c1. The summed E-state index contributed by atoms with van der Waals surface area (Å²) >= 11 is 0. The topological polar surface area (TPSA) is 47.0 Å². The molecule has 0 saturated heterocycles. The van der Waals surface area contributed by atoms with Crippen LogP contribution in [0.15, 0.2) is 47.5 Å². The van der Waals surface area contributed by atoms with Crippen molar-refractivity contribution in [1.82, 2.24) is 4.98 Å². The van der Waals surface area contributed by atoms with Crippen LogP contribution in [0.3, 0.4) is 0 Å². The fourth-order valence-corrected chi connectivity index (χ4v) is 2.02. The van der Waals surface area contributed by atoms with E-state index in [0.717, 1.165) is 5.56 Å². The molecule has 4 heteroatoms. The van der Waals surface area contributed by atoms with Crippen molar-refractivity contribution in [3.8, 4) is 11.3 Å². The van der Waals surface area contributed by atoms with Crippen molar-refractivity contribution in [3.63, 3.8) is 0 Å². The average molecular weight is 232 g/mol. The molecule has 2 rings (SSSR count). The van der Waals surface area contributed by atoms with Crippen molar-refractivity contribution in [3.05, 3.63) is 48.7 Å². The van der Waals surface area contributed by atoms with Crippen LogP contribution < -0.4 is 0 Å². The molecule has 1 heterocycles. The Morgan fingerprint density at radius 3 is 2.69 bits per heavy atom. The van der Waals surface area contributed by atoms with Gasteiger partial charge in [0.1, 0.15) is 0 Å². The van der Waals surface area contributed by atoms with Gasteiger partial charge in [-0.05, 0) is 18.2 Å². The van der Waals surface area contributed by atoms with Gasteiger partial charge in [0.2, 0.25) is 0 Å². The van der Waals surface area contributed by atoms with Crippen LogP contribution in [0, 0.1) is 6.07 Å². The molecule has 0 fully saturated rings. The van der Waals surface area contributed by atoms with Crippen molar-refractivity contribution in [1.29, 1.82) is 0 Å². The lowest BCUT2D eigenvalue weighted by Gasteiger charge is -2.02. The number of rotatable bonds is 2. The number of nitrogens with zero attached hydrogens (tertiary/aromatic N) is 1. The first-order valence-electron chi connectivity index (χ1n) is 4.70. The highest BCUT2D eigenvalue weighted by atomic mass is 32.2. The van der Waals surface area contributed by atoms with Gasteiger partial charge in [0.05, 0.1) is 10.6 Å². The summed E-state index contributed by atoms with van der Waals surface area (Å²) in [6, 6.07) is 13.2. The number of aromatic nitrogens is 1. The van der Waals surface area contributed by atoms with Gasteiger partial charge in [-0.2, -0.15) is 0 Å². The van der Waals surface area contributed by atoms with Crippen molar-refractivity contribution < 1.29 is 8.42 Å². The van der Waals surface area contributed by atoms with E-state index in [9.17, 15) is 8.42 Å². The second kappa shape index (κ2) is 4.06. The van der Waals surface area contributed by atoms with Crippen molar-refractivity contribution in [2.45, 2.75) is 4.90 Å². The Morgan fingerprint density at radius 2 is 2.06 bits per heavy atom. The molecule has 2 aromatic rings. The Kier molecular flexibility index (Phi) is 2.75. The van der Waals surface area contributed by atoms with Crippen molar-refractivity contribution >= 4 is 9.84 Å². The molecule has 3 nitrogen and oxygen atoms in total. The normalized spacial score (nSPS) is 11.3. The summed E-state index contributed by atoms with van der Waals surface area (Å²) in [6.07, 6.45) is 2.84. The van der Waals surface area contributed by atoms with Gasteiger partial charge in [-0.15, -0.1) is 0 Å². The van der Waals surface area contributed by atoms with E-state index in [-0.39, 0.29) is 0 Å². The summed E-state index contributed by atoms with van der Waals surface area (Å²) in [6.45, 7) is 0. The summed E-state index contributed by atoms with van der Waals surface area (Å²) in [4.78, 5) is 4.42. The fourth-order valence-electron chi connectivity index (χ4n) is 1.36. The third kappa shape index (κ3) is 2.28. The zero-order valence-corrected chi connectivity index (χ0v) is 9.53. The van der Waals surface area contributed by atoms with E-state index >= 15 is 0 Å². The van der Waals surface area contributed by atoms with Crippen molar-refractivity contribution in [2.24, 2.45) is 0 Å². The lowest BCUT2D eigenvalue weighted by molar-refractivity contribution is 0.602. The monoisotopic (exact) mass is 232 g/mol. The van der Waals surface area contributed by atoms with Crippen molar-refractivity contribution in [2.75, 3.05) is 6.26 Å². The molecule has 1 radical (unpaired) electrons. The highest BCUT2D eigenvalue weighted by molar-refractivity contribution is 7.90. The molecule has 1 aromatic heterocycles. The lowest BCUT2D eigenvalue weighted by atomic mass is 10.1. The molecule has 1 aromatic carbocycles. The number of hydrogen-bond acceptors (Lipinski definition) is 3. The van der Waals surface area contributed by atoms with Gasteiger partial charge < -0.3 is 0 Å². The summed E-state index contributed by atoms with van der Waals surface area (Å²) in [5.74, 6) is 0. The van der Waals surface area contributed by atoms with Crippen LogP contribution in [0.4, 0.5) is 0 Å². The summed E-state index contributed by atoms with van der Waals surface area (Å²) in [7, 11) is -3.17. The molecule has 0 aliphatic carbocycles. The highest BCUT2D eigenvalue weighted by Crippen LogP contribution is 2.19. The van der Waals surface area contributed by atoms with Gasteiger partial charge in [0, 0.05) is 24.1 Å². The first-order valence-corrected chi connectivity index (χ1v) is 6.60. The minimum atomic E-state index is -3.17. The van der Waals surface area contributed by atoms with E-state index in [4.69, 9.17) is 0 Å². The average Bonchev–Trinajstić information content (AvgIpc) is 2.29. The number of pyridine rings is 1. The highest BCUT2D eigenvalue weighted by Gasteiger charge is 2.08. The predicted octanol–water partition coefficient (Wildman–Crippen LogP) is 1.95. The largest absolute Gasteiger partial charge is 0.256 e. The molecule has 0 N–H and O–H groups in total. The number of benzene rings is 1. The molecule has 0 amide bonds. The maximum atomic E-state index is 11.4. The third-order valence-electron chi connectivity index (χ3n) is 2.14. The van der Waals surface area contributed by atoms with E-state index in [0.29, 0.717) is 10.6 Å². The molecule has 0 bridgehead atoms. The van der Waals surface area contributed by atoms with Crippen LogP contribution in [-0.2, 0) is 9.84 Å². The maximum absolute atomic E-state index is 11.4. The van der Waals surface area contributed by atoms with E-state index in [2.05, 4.69) is 11.1 Å². The summed E-state index contributed by atoms with van der Waals surface area (Å²) in [5.41, 5.74) is 1.40. The predicted molar refractivity (Wildman–Crippen MR) is 61.6 cm³/mol. The second-order valence-electron chi connectivity index (χ2n) is 3.43. The zero-order chi connectivity index (χ0) is 11.6. The molecular formula is C12H10NO2S. The quantitative estimate of drug-likeness (QED) is 0.795. The number of hydrogen-bond donors (Lipinski definition) is 0. The molecule has 81 valence electrons. The van der Waals surface area contributed by atoms with E-state index in [1.54, 1.807) is 36.5 Å². The van der Waals surface area contributed by atoms with Crippen LogP contribution in [-0.4, -0.2) is 19.7 Å². The van der Waals surface area contributed by atoms with Gasteiger partial charge >= 0.3 is 0 Å². The molecule has 16 heavy (non-hydrogen) atoms. The molecular weight excluding hydrogens is 222 g/mol.